The predicted molar refractivity (Wildman–Crippen MR) is 60.5 cm³/mol. The Kier molecular flexibility index (Phi) is 4.54. The number of hydrogen-bond donors (Lipinski definition) is 0. The summed E-state index contributed by atoms with van der Waals surface area (Å²) in [5, 5.41) is 3.90. The zero-order valence-electron chi connectivity index (χ0n) is 9.40. The maximum Gasteiger partial charge on any atom is 0.185 e. The van der Waals surface area contributed by atoms with Crippen LogP contribution in [0.1, 0.15) is 26.5 Å². The predicted octanol–water partition coefficient (Wildman–Crippen LogP) is 3.33. The van der Waals surface area contributed by atoms with Gasteiger partial charge < -0.3 is 4.52 Å². The molecule has 2 aromatic rings. The third-order valence-corrected chi connectivity index (χ3v) is 1.84. The molecule has 3 nitrogen and oxygen atoms in total. The molecule has 0 aliphatic rings. The fourth-order valence-corrected chi connectivity index (χ4v) is 1.11. The summed E-state index contributed by atoms with van der Waals surface area (Å²) in [5.74, 6) is 0.734. The van der Waals surface area contributed by atoms with Crippen molar-refractivity contribution in [2.45, 2.75) is 27.2 Å². The van der Waals surface area contributed by atoms with Gasteiger partial charge in [0, 0.05) is 12.3 Å². The molecule has 0 saturated heterocycles. The molecule has 80 valence electrons. The molecule has 0 unspecified atom stereocenters. The van der Waals surface area contributed by atoms with Gasteiger partial charge in [-0.15, -0.1) is 0 Å². The van der Waals surface area contributed by atoms with E-state index in [4.69, 9.17) is 4.52 Å². The molecule has 15 heavy (non-hydrogen) atoms. The van der Waals surface area contributed by atoms with E-state index in [-0.39, 0.29) is 0 Å². The second kappa shape index (κ2) is 5.96. The summed E-state index contributed by atoms with van der Waals surface area (Å²) in [6.07, 6.45) is 2.62. The van der Waals surface area contributed by atoms with E-state index in [1.54, 1.807) is 6.20 Å². The summed E-state index contributed by atoms with van der Waals surface area (Å²) < 4.78 is 5.13. The van der Waals surface area contributed by atoms with Gasteiger partial charge in [-0.25, -0.2) is 0 Å². The molecule has 2 rings (SSSR count). The Bertz CT molecular complexity index is 382. The lowest BCUT2D eigenvalue weighted by atomic mass is 10.2. The van der Waals surface area contributed by atoms with Crippen molar-refractivity contribution in [3.63, 3.8) is 0 Å². The van der Waals surface area contributed by atoms with Crippen molar-refractivity contribution >= 4 is 0 Å². The molecule has 0 amide bonds. The number of nitrogens with zero attached hydrogens (tertiary/aromatic N) is 2. The summed E-state index contributed by atoms with van der Waals surface area (Å²) in [7, 11) is 0. The largest absolute Gasteiger partial charge is 0.354 e. The van der Waals surface area contributed by atoms with E-state index in [9.17, 15) is 0 Å². The van der Waals surface area contributed by atoms with Crippen molar-refractivity contribution in [3.05, 3.63) is 36.2 Å². The number of rotatable bonds is 2. The number of aromatic nitrogens is 2. The van der Waals surface area contributed by atoms with Gasteiger partial charge in [0.1, 0.15) is 5.69 Å². The zero-order chi connectivity index (χ0) is 11.1. The summed E-state index contributed by atoms with van der Waals surface area (Å²) in [5.41, 5.74) is 1.79. The first-order valence-electron chi connectivity index (χ1n) is 5.27. The van der Waals surface area contributed by atoms with Gasteiger partial charge in [0.15, 0.2) is 5.76 Å². The van der Waals surface area contributed by atoms with Crippen molar-refractivity contribution < 1.29 is 4.52 Å². The smallest absolute Gasteiger partial charge is 0.185 e. The van der Waals surface area contributed by atoms with Crippen LogP contribution < -0.4 is 0 Å². The lowest BCUT2D eigenvalue weighted by Gasteiger charge is -1.90. The number of hydrogen-bond acceptors (Lipinski definition) is 3. The molecule has 0 N–H and O–H groups in total. The fourth-order valence-electron chi connectivity index (χ4n) is 1.11. The van der Waals surface area contributed by atoms with Gasteiger partial charge in [-0.1, -0.05) is 32.0 Å². The van der Waals surface area contributed by atoms with E-state index in [0.29, 0.717) is 0 Å². The van der Waals surface area contributed by atoms with Gasteiger partial charge in [-0.3, -0.25) is 4.98 Å². The quantitative estimate of drug-likeness (QED) is 0.753. The minimum atomic E-state index is 0.734. The second-order valence-electron chi connectivity index (χ2n) is 2.75. The van der Waals surface area contributed by atoms with Crippen LogP contribution >= 0.6 is 0 Å². The fraction of sp³-hybridized carbons (Fsp3) is 0.333. The van der Waals surface area contributed by atoms with Crippen LogP contribution in [0.2, 0.25) is 0 Å². The van der Waals surface area contributed by atoms with Crippen molar-refractivity contribution in [2.75, 3.05) is 0 Å². The van der Waals surface area contributed by atoms with E-state index in [2.05, 4.69) is 10.1 Å². The molecule has 0 saturated carbocycles. The maximum absolute atomic E-state index is 5.13. The minimum Gasteiger partial charge on any atom is -0.354 e. The van der Waals surface area contributed by atoms with E-state index in [1.807, 2.05) is 45.0 Å². The maximum atomic E-state index is 5.13. The number of pyridine rings is 1. The van der Waals surface area contributed by atoms with Crippen LogP contribution in [0.4, 0.5) is 0 Å². The minimum absolute atomic E-state index is 0.734. The van der Waals surface area contributed by atoms with Gasteiger partial charge in [0.25, 0.3) is 0 Å². The molecule has 0 aliphatic carbocycles. The first kappa shape index (κ1) is 11.4. The lowest BCUT2D eigenvalue weighted by molar-refractivity contribution is 0.423. The van der Waals surface area contributed by atoms with Gasteiger partial charge in [-0.05, 0) is 18.6 Å². The molecule has 0 aliphatic heterocycles. The van der Waals surface area contributed by atoms with Crippen LogP contribution in [0.15, 0.2) is 35.0 Å². The third kappa shape index (κ3) is 2.91. The Morgan fingerprint density at radius 2 is 2.07 bits per heavy atom. The van der Waals surface area contributed by atoms with E-state index < -0.39 is 0 Å². The molecule has 2 heterocycles. The van der Waals surface area contributed by atoms with Crippen LogP contribution in [-0.4, -0.2) is 10.1 Å². The summed E-state index contributed by atoms with van der Waals surface area (Å²) in [6, 6.07) is 7.62. The van der Waals surface area contributed by atoms with Gasteiger partial charge in [0.05, 0.1) is 5.69 Å². The first-order chi connectivity index (χ1) is 7.40. The zero-order valence-corrected chi connectivity index (χ0v) is 9.40. The van der Waals surface area contributed by atoms with E-state index in [1.165, 1.54) is 0 Å². The van der Waals surface area contributed by atoms with Gasteiger partial charge in [-0.2, -0.15) is 0 Å². The van der Waals surface area contributed by atoms with Crippen LogP contribution in [0.25, 0.3) is 11.5 Å². The molecule has 0 spiro atoms. The average Bonchev–Trinajstić information content (AvgIpc) is 2.81. The highest BCUT2D eigenvalue weighted by Crippen LogP contribution is 2.17. The van der Waals surface area contributed by atoms with Crippen LogP contribution in [0.5, 0.6) is 0 Å². The summed E-state index contributed by atoms with van der Waals surface area (Å²) >= 11 is 0. The molecular weight excluding hydrogens is 188 g/mol. The van der Waals surface area contributed by atoms with Crippen molar-refractivity contribution in [1.29, 1.82) is 0 Å². The monoisotopic (exact) mass is 204 g/mol. The molecule has 0 bridgehead atoms. The normalized spacial score (nSPS) is 9.27. The Morgan fingerprint density at radius 3 is 2.60 bits per heavy atom. The van der Waals surface area contributed by atoms with Crippen molar-refractivity contribution in [3.8, 4) is 11.5 Å². The lowest BCUT2D eigenvalue weighted by Crippen LogP contribution is -1.77. The molecule has 0 radical (unpaired) electrons. The average molecular weight is 204 g/mol. The molecule has 3 heteroatoms. The first-order valence-corrected chi connectivity index (χ1v) is 5.27. The van der Waals surface area contributed by atoms with Gasteiger partial charge in [0.2, 0.25) is 0 Å². The van der Waals surface area contributed by atoms with Crippen molar-refractivity contribution in [2.24, 2.45) is 0 Å². The second-order valence-corrected chi connectivity index (χ2v) is 2.75. The molecule has 0 fully saturated rings. The summed E-state index contributed by atoms with van der Waals surface area (Å²) in [4.78, 5) is 4.16. The Morgan fingerprint density at radius 1 is 1.27 bits per heavy atom. The summed E-state index contributed by atoms with van der Waals surface area (Å²) in [6.45, 7) is 6.04. The van der Waals surface area contributed by atoms with Crippen LogP contribution in [0.3, 0.4) is 0 Å². The van der Waals surface area contributed by atoms with E-state index in [0.717, 1.165) is 23.6 Å². The Hall–Kier alpha value is -1.64. The van der Waals surface area contributed by atoms with Gasteiger partial charge >= 0.3 is 0 Å². The van der Waals surface area contributed by atoms with Crippen molar-refractivity contribution in [1.82, 2.24) is 10.1 Å². The third-order valence-electron chi connectivity index (χ3n) is 1.84. The highest BCUT2D eigenvalue weighted by Gasteiger charge is 2.04. The van der Waals surface area contributed by atoms with Crippen LogP contribution in [0, 0.1) is 0 Å². The SMILES string of the molecule is CC.CCc1cc(-c2ccccn2)on1. The Balaban J connectivity index is 0.000000531. The molecule has 0 aromatic carbocycles. The highest BCUT2D eigenvalue weighted by molar-refractivity contribution is 5.51. The highest BCUT2D eigenvalue weighted by atomic mass is 16.5. The molecule has 2 aromatic heterocycles. The number of aryl methyl sites for hydroxylation is 1. The molecule has 0 atom stereocenters. The van der Waals surface area contributed by atoms with E-state index >= 15 is 0 Å². The topological polar surface area (TPSA) is 38.9 Å². The Labute approximate surface area is 90.1 Å². The van der Waals surface area contributed by atoms with Crippen LogP contribution in [-0.2, 0) is 6.42 Å². The molecular formula is C12H16N2O. The standard InChI is InChI=1S/C10H10N2O.C2H6/c1-2-8-7-10(13-12-8)9-5-3-4-6-11-9;1-2/h3-7H,2H2,1H3;1-2H3.